The lowest BCUT2D eigenvalue weighted by atomic mass is 10.00. The minimum absolute atomic E-state index is 0. The first-order valence-corrected chi connectivity index (χ1v) is 9.53. The topological polar surface area (TPSA) is 67.1 Å². The molecule has 2 aromatic rings. The van der Waals surface area contributed by atoms with Crippen LogP contribution in [-0.2, 0) is 19.5 Å². The van der Waals surface area contributed by atoms with E-state index in [2.05, 4.69) is 84.7 Å². The van der Waals surface area contributed by atoms with Gasteiger partial charge in [-0.25, -0.2) is 4.99 Å². The van der Waals surface area contributed by atoms with Crippen molar-refractivity contribution < 1.29 is 0 Å². The molecular formula is C20H33IN6. The molecule has 0 aliphatic heterocycles. The van der Waals surface area contributed by atoms with Gasteiger partial charge in [0.2, 0.25) is 0 Å². The fourth-order valence-corrected chi connectivity index (χ4v) is 2.84. The molecule has 0 saturated carbocycles. The molecule has 6 nitrogen and oxygen atoms in total. The molecule has 1 aromatic carbocycles. The summed E-state index contributed by atoms with van der Waals surface area (Å²) in [6, 6.07) is 9.02. The monoisotopic (exact) mass is 484 g/mol. The number of guanidine groups is 1. The number of nitrogens with zero attached hydrogens (tertiary/aromatic N) is 4. The summed E-state index contributed by atoms with van der Waals surface area (Å²) >= 11 is 0. The summed E-state index contributed by atoms with van der Waals surface area (Å²) < 4.78 is 2.00. The van der Waals surface area contributed by atoms with Crippen LogP contribution in [0.4, 0.5) is 0 Å². The van der Waals surface area contributed by atoms with Crippen molar-refractivity contribution in [3.05, 3.63) is 47.5 Å². The molecule has 0 amide bonds. The number of halogens is 1. The molecule has 0 aliphatic carbocycles. The van der Waals surface area contributed by atoms with Crippen LogP contribution in [0.1, 0.15) is 57.6 Å². The van der Waals surface area contributed by atoms with E-state index in [9.17, 15) is 0 Å². The molecule has 27 heavy (non-hydrogen) atoms. The van der Waals surface area contributed by atoms with Gasteiger partial charge in [0.1, 0.15) is 12.9 Å². The molecule has 150 valence electrons. The Hall–Kier alpha value is -1.64. The van der Waals surface area contributed by atoms with Gasteiger partial charge in [-0.2, -0.15) is 0 Å². The molecule has 2 N–H and O–H groups in total. The standard InChI is InChI=1S/C20H32N6.HI/c1-6-21-20(22-13-19-25-23-14-26(19)7-2)24-16(5)18-10-8-17(9-11-18)12-15(3)4;/h8-11,14-16H,6-7,12-13H2,1-5H3,(H2,21,22,24);1H. The van der Waals surface area contributed by atoms with Crippen LogP contribution in [-0.4, -0.2) is 27.3 Å². The summed E-state index contributed by atoms with van der Waals surface area (Å²) in [6.45, 7) is 12.9. The summed E-state index contributed by atoms with van der Waals surface area (Å²) in [6.07, 6.45) is 2.86. The second-order valence-corrected chi connectivity index (χ2v) is 6.93. The van der Waals surface area contributed by atoms with E-state index >= 15 is 0 Å². The van der Waals surface area contributed by atoms with Crippen molar-refractivity contribution in [2.45, 2.75) is 60.2 Å². The van der Waals surface area contributed by atoms with Crippen molar-refractivity contribution in [1.82, 2.24) is 25.4 Å². The van der Waals surface area contributed by atoms with Gasteiger partial charge in [0.25, 0.3) is 0 Å². The Morgan fingerprint density at radius 1 is 1.15 bits per heavy atom. The Bertz CT molecular complexity index is 693. The van der Waals surface area contributed by atoms with E-state index in [-0.39, 0.29) is 30.0 Å². The highest BCUT2D eigenvalue weighted by atomic mass is 127. The van der Waals surface area contributed by atoms with E-state index in [1.165, 1.54) is 11.1 Å². The fraction of sp³-hybridized carbons (Fsp3) is 0.550. The fourth-order valence-electron chi connectivity index (χ4n) is 2.84. The third-order valence-electron chi connectivity index (χ3n) is 4.24. The predicted octanol–water partition coefficient (Wildman–Crippen LogP) is 3.93. The Balaban J connectivity index is 0.00000364. The van der Waals surface area contributed by atoms with E-state index in [0.717, 1.165) is 31.3 Å². The highest BCUT2D eigenvalue weighted by molar-refractivity contribution is 14.0. The second kappa shape index (κ2) is 11.9. The van der Waals surface area contributed by atoms with E-state index in [1.807, 2.05) is 4.57 Å². The number of hydrogen-bond donors (Lipinski definition) is 2. The quantitative estimate of drug-likeness (QED) is 0.339. The van der Waals surface area contributed by atoms with Gasteiger partial charge in [0.15, 0.2) is 11.8 Å². The molecule has 0 radical (unpaired) electrons. The number of aromatic nitrogens is 3. The minimum atomic E-state index is 0. The van der Waals surface area contributed by atoms with Crippen LogP contribution in [0.3, 0.4) is 0 Å². The maximum atomic E-state index is 4.66. The largest absolute Gasteiger partial charge is 0.357 e. The highest BCUT2D eigenvalue weighted by Gasteiger charge is 2.09. The molecule has 1 atom stereocenters. The predicted molar refractivity (Wildman–Crippen MR) is 122 cm³/mol. The molecule has 0 fully saturated rings. The first-order chi connectivity index (χ1) is 12.5. The molecule has 1 aromatic heterocycles. The molecule has 2 rings (SSSR count). The number of rotatable bonds is 8. The van der Waals surface area contributed by atoms with Crippen molar-refractivity contribution in [3.8, 4) is 0 Å². The molecule has 1 unspecified atom stereocenters. The van der Waals surface area contributed by atoms with E-state index < -0.39 is 0 Å². The van der Waals surface area contributed by atoms with Crippen LogP contribution in [0.25, 0.3) is 0 Å². The van der Waals surface area contributed by atoms with Crippen molar-refractivity contribution >= 4 is 29.9 Å². The number of benzene rings is 1. The zero-order valence-corrected chi connectivity index (χ0v) is 19.4. The molecular weight excluding hydrogens is 451 g/mol. The first kappa shape index (κ1) is 23.4. The van der Waals surface area contributed by atoms with Crippen LogP contribution in [0.2, 0.25) is 0 Å². The lowest BCUT2D eigenvalue weighted by Crippen LogP contribution is -2.38. The summed E-state index contributed by atoms with van der Waals surface area (Å²) in [7, 11) is 0. The molecule has 7 heteroatoms. The van der Waals surface area contributed by atoms with Crippen molar-refractivity contribution in [2.75, 3.05) is 6.54 Å². The molecule has 0 bridgehead atoms. The zero-order valence-electron chi connectivity index (χ0n) is 17.1. The van der Waals surface area contributed by atoms with Crippen LogP contribution in [0.15, 0.2) is 35.6 Å². The molecule has 0 aliphatic rings. The lowest BCUT2D eigenvalue weighted by molar-refractivity contribution is 0.645. The highest BCUT2D eigenvalue weighted by Crippen LogP contribution is 2.15. The molecule has 1 heterocycles. The van der Waals surface area contributed by atoms with Gasteiger partial charge in [-0.05, 0) is 44.2 Å². The second-order valence-electron chi connectivity index (χ2n) is 6.93. The summed E-state index contributed by atoms with van der Waals surface area (Å²) in [4.78, 5) is 4.66. The normalized spacial score (nSPS) is 12.6. The van der Waals surface area contributed by atoms with Gasteiger partial charge in [-0.15, -0.1) is 34.2 Å². The summed E-state index contributed by atoms with van der Waals surface area (Å²) in [5, 5.41) is 14.9. The lowest BCUT2D eigenvalue weighted by Gasteiger charge is -2.18. The third-order valence-corrected chi connectivity index (χ3v) is 4.24. The molecule has 0 spiro atoms. The number of aliphatic imine (C=N–C) groups is 1. The van der Waals surface area contributed by atoms with E-state index in [0.29, 0.717) is 12.5 Å². The van der Waals surface area contributed by atoms with Crippen molar-refractivity contribution in [3.63, 3.8) is 0 Å². The van der Waals surface area contributed by atoms with Gasteiger partial charge < -0.3 is 15.2 Å². The van der Waals surface area contributed by atoms with Crippen LogP contribution in [0.5, 0.6) is 0 Å². The van der Waals surface area contributed by atoms with Crippen molar-refractivity contribution in [2.24, 2.45) is 10.9 Å². The van der Waals surface area contributed by atoms with Gasteiger partial charge in [-0.1, -0.05) is 38.1 Å². The van der Waals surface area contributed by atoms with Gasteiger partial charge >= 0.3 is 0 Å². The summed E-state index contributed by atoms with van der Waals surface area (Å²) in [5.41, 5.74) is 2.63. The number of nitrogens with one attached hydrogen (secondary N) is 2. The average molecular weight is 484 g/mol. The van der Waals surface area contributed by atoms with E-state index in [1.54, 1.807) is 6.33 Å². The smallest absolute Gasteiger partial charge is 0.192 e. The number of hydrogen-bond acceptors (Lipinski definition) is 3. The van der Waals surface area contributed by atoms with Gasteiger partial charge in [0.05, 0.1) is 6.04 Å². The van der Waals surface area contributed by atoms with E-state index in [4.69, 9.17) is 0 Å². The number of aryl methyl sites for hydroxylation is 1. The minimum Gasteiger partial charge on any atom is -0.357 e. The average Bonchev–Trinajstić information content (AvgIpc) is 3.07. The Kier molecular flexibility index (Phi) is 10.4. The maximum absolute atomic E-state index is 4.66. The van der Waals surface area contributed by atoms with Crippen molar-refractivity contribution in [1.29, 1.82) is 0 Å². The van der Waals surface area contributed by atoms with Crippen LogP contribution in [0, 0.1) is 5.92 Å². The maximum Gasteiger partial charge on any atom is 0.192 e. The Morgan fingerprint density at radius 2 is 1.85 bits per heavy atom. The van der Waals surface area contributed by atoms with Gasteiger partial charge in [0, 0.05) is 13.1 Å². The SMILES string of the molecule is CCNC(=NCc1nncn1CC)NC(C)c1ccc(CC(C)C)cc1.I. The first-order valence-electron chi connectivity index (χ1n) is 9.53. The Labute approximate surface area is 180 Å². The summed E-state index contributed by atoms with van der Waals surface area (Å²) in [5.74, 6) is 2.33. The Morgan fingerprint density at radius 3 is 2.44 bits per heavy atom. The van der Waals surface area contributed by atoms with Gasteiger partial charge in [-0.3, -0.25) is 0 Å². The van der Waals surface area contributed by atoms with Crippen LogP contribution < -0.4 is 10.6 Å². The van der Waals surface area contributed by atoms with Crippen LogP contribution >= 0.6 is 24.0 Å². The molecule has 0 saturated heterocycles. The third kappa shape index (κ3) is 7.48. The zero-order chi connectivity index (χ0) is 18.9.